The van der Waals surface area contributed by atoms with Gasteiger partial charge in [0.25, 0.3) is 0 Å². The van der Waals surface area contributed by atoms with Gasteiger partial charge in [0, 0.05) is 0 Å². The van der Waals surface area contributed by atoms with Crippen LogP contribution in [0.2, 0.25) is 5.02 Å². The molecule has 0 bridgehead atoms. The van der Waals surface area contributed by atoms with Crippen LogP contribution < -0.4 is 4.74 Å². The Morgan fingerprint density at radius 1 is 1.23 bits per heavy atom. The summed E-state index contributed by atoms with van der Waals surface area (Å²) in [6, 6.07) is 9.73. The van der Waals surface area contributed by atoms with E-state index >= 15 is 0 Å². The maximum absolute atomic E-state index is 14.1. The lowest BCUT2D eigenvalue weighted by atomic mass is 10.1. The first kappa shape index (κ1) is 14.8. The van der Waals surface area contributed by atoms with Crippen molar-refractivity contribution >= 4 is 17.2 Å². The van der Waals surface area contributed by atoms with Crippen LogP contribution in [0.15, 0.2) is 36.4 Å². The minimum absolute atomic E-state index is 0.0491. The Labute approximate surface area is 131 Å². The van der Waals surface area contributed by atoms with Crippen molar-refractivity contribution in [2.45, 2.75) is 6.92 Å². The first-order valence-corrected chi connectivity index (χ1v) is 7.12. The van der Waals surface area contributed by atoms with Gasteiger partial charge in [-0.3, -0.25) is 4.40 Å². The molecule has 6 heteroatoms. The second-order valence-corrected chi connectivity index (χ2v) is 5.14. The van der Waals surface area contributed by atoms with Gasteiger partial charge in [0.1, 0.15) is 24.7 Å². The van der Waals surface area contributed by atoms with Gasteiger partial charge in [-0.2, -0.15) is 0 Å². The molecule has 0 aliphatic heterocycles. The number of fused-ring (bicyclic) bond motifs is 1. The molecule has 3 rings (SSSR count). The average molecular weight is 323 g/mol. The number of aromatic nitrogens is 2. The van der Waals surface area contributed by atoms with Crippen LogP contribution in [0.1, 0.15) is 5.69 Å². The highest BCUT2D eigenvalue weighted by Crippen LogP contribution is 2.33. The van der Waals surface area contributed by atoms with Crippen molar-refractivity contribution in [2.24, 2.45) is 0 Å². The molecule has 1 aromatic carbocycles. The molecule has 0 saturated heterocycles. The molecule has 0 N–H and O–H groups in total. The maximum atomic E-state index is 14.1. The lowest BCUT2D eigenvalue weighted by Crippen LogP contribution is -2.03. The van der Waals surface area contributed by atoms with E-state index in [-0.39, 0.29) is 17.2 Å². The smallest absolute Gasteiger partial charge is 0.199 e. The van der Waals surface area contributed by atoms with E-state index in [1.807, 2.05) is 0 Å². The van der Waals surface area contributed by atoms with Crippen LogP contribution in [-0.4, -0.2) is 22.7 Å². The fourth-order valence-corrected chi connectivity index (χ4v) is 2.67. The Kier molecular flexibility index (Phi) is 3.98. The fourth-order valence-electron chi connectivity index (χ4n) is 2.42. The van der Waals surface area contributed by atoms with Crippen molar-refractivity contribution in [1.29, 1.82) is 0 Å². The van der Waals surface area contributed by atoms with Crippen LogP contribution in [0.3, 0.4) is 0 Å². The number of nitrogens with zero attached hydrogens (tertiary/aromatic N) is 2. The molecule has 2 heterocycles. The van der Waals surface area contributed by atoms with Crippen molar-refractivity contribution in [3.05, 3.63) is 52.9 Å². The number of halogens is 3. The topological polar surface area (TPSA) is 26.5 Å². The Bertz CT molecular complexity index is 812. The molecule has 0 aliphatic carbocycles. The van der Waals surface area contributed by atoms with Gasteiger partial charge in [-0.15, -0.1) is 0 Å². The maximum Gasteiger partial charge on any atom is 0.199 e. The monoisotopic (exact) mass is 322 g/mol. The number of imidazole rings is 1. The van der Waals surface area contributed by atoms with E-state index in [9.17, 15) is 8.78 Å². The van der Waals surface area contributed by atoms with Crippen LogP contribution >= 0.6 is 11.6 Å². The number of hydrogen-bond acceptors (Lipinski definition) is 2. The standard InChI is InChI=1S/C16H13ClF2N2O/c1-10-16(15-11(17)4-2-5-12(15)19)20-13-6-3-7-14(21(10)13)22-9-8-18/h2-7H,8-9H2,1H3. The van der Waals surface area contributed by atoms with Gasteiger partial charge in [-0.05, 0) is 31.2 Å². The van der Waals surface area contributed by atoms with E-state index in [4.69, 9.17) is 16.3 Å². The molecule has 0 unspecified atom stereocenters. The van der Waals surface area contributed by atoms with E-state index in [0.29, 0.717) is 22.9 Å². The van der Waals surface area contributed by atoms with Crippen LogP contribution in [0.25, 0.3) is 16.9 Å². The molecule has 0 atom stereocenters. The van der Waals surface area contributed by atoms with Crippen LogP contribution in [-0.2, 0) is 0 Å². The zero-order valence-corrected chi connectivity index (χ0v) is 12.6. The summed E-state index contributed by atoms with van der Waals surface area (Å²) in [6.45, 7) is 1.16. The fraction of sp³-hybridized carbons (Fsp3) is 0.188. The Morgan fingerprint density at radius 2 is 2.00 bits per heavy atom. The van der Waals surface area contributed by atoms with Crippen LogP contribution in [0, 0.1) is 12.7 Å². The summed E-state index contributed by atoms with van der Waals surface area (Å²) < 4.78 is 33.6. The zero-order valence-electron chi connectivity index (χ0n) is 11.8. The predicted molar refractivity (Wildman–Crippen MR) is 81.8 cm³/mol. The summed E-state index contributed by atoms with van der Waals surface area (Å²) in [7, 11) is 0. The molecule has 2 aromatic heterocycles. The van der Waals surface area contributed by atoms with Crippen molar-refractivity contribution < 1.29 is 13.5 Å². The molecular formula is C16H13ClF2N2O. The highest BCUT2D eigenvalue weighted by molar-refractivity contribution is 6.33. The number of aryl methyl sites for hydroxylation is 1. The van der Waals surface area contributed by atoms with E-state index in [1.165, 1.54) is 6.07 Å². The molecule has 3 nitrogen and oxygen atoms in total. The molecule has 22 heavy (non-hydrogen) atoms. The number of ether oxygens (including phenoxy) is 1. The molecule has 0 spiro atoms. The summed E-state index contributed by atoms with van der Waals surface area (Å²) in [5.74, 6) is 0.0177. The Balaban J connectivity index is 2.23. The summed E-state index contributed by atoms with van der Waals surface area (Å²) in [6.07, 6.45) is 0. The van der Waals surface area contributed by atoms with Gasteiger partial charge in [-0.1, -0.05) is 23.7 Å². The lowest BCUT2D eigenvalue weighted by Gasteiger charge is -2.08. The molecule has 0 fully saturated rings. The minimum Gasteiger partial charge on any atom is -0.476 e. The van der Waals surface area contributed by atoms with Crippen LogP contribution in [0.4, 0.5) is 8.78 Å². The molecule has 3 aromatic rings. The van der Waals surface area contributed by atoms with Gasteiger partial charge in [0.05, 0.1) is 22.0 Å². The molecule has 0 amide bonds. The molecule has 0 aliphatic rings. The van der Waals surface area contributed by atoms with E-state index in [0.717, 1.165) is 0 Å². The summed E-state index contributed by atoms with van der Waals surface area (Å²) in [5.41, 5.74) is 1.96. The predicted octanol–water partition coefficient (Wildman–Crippen LogP) is 4.45. The third-order valence-corrected chi connectivity index (χ3v) is 3.68. The molecule has 0 radical (unpaired) electrons. The van der Waals surface area contributed by atoms with E-state index in [2.05, 4.69) is 4.98 Å². The lowest BCUT2D eigenvalue weighted by molar-refractivity contribution is 0.261. The summed E-state index contributed by atoms with van der Waals surface area (Å²) in [4.78, 5) is 4.44. The van der Waals surface area contributed by atoms with Gasteiger partial charge in [-0.25, -0.2) is 13.8 Å². The molecule has 0 saturated carbocycles. The number of hydrogen-bond donors (Lipinski definition) is 0. The molecule has 114 valence electrons. The number of rotatable bonds is 4. The van der Waals surface area contributed by atoms with E-state index in [1.54, 1.807) is 41.7 Å². The zero-order chi connectivity index (χ0) is 15.7. The quantitative estimate of drug-likeness (QED) is 0.709. The highest BCUT2D eigenvalue weighted by atomic mass is 35.5. The van der Waals surface area contributed by atoms with Gasteiger partial charge in [0.2, 0.25) is 0 Å². The number of alkyl halides is 1. The Hall–Kier alpha value is -2.14. The number of pyridine rings is 1. The second-order valence-electron chi connectivity index (χ2n) is 4.74. The first-order valence-electron chi connectivity index (χ1n) is 6.74. The highest BCUT2D eigenvalue weighted by Gasteiger charge is 2.18. The Morgan fingerprint density at radius 3 is 2.73 bits per heavy atom. The molecular weight excluding hydrogens is 310 g/mol. The minimum atomic E-state index is -0.587. The van der Waals surface area contributed by atoms with Gasteiger partial charge >= 0.3 is 0 Å². The third-order valence-electron chi connectivity index (χ3n) is 3.36. The van der Waals surface area contributed by atoms with Crippen LogP contribution in [0.5, 0.6) is 5.88 Å². The summed E-state index contributed by atoms with van der Waals surface area (Å²) >= 11 is 6.12. The van der Waals surface area contributed by atoms with Crippen molar-refractivity contribution in [2.75, 3.05) is 13.3 Å². The largest absolute Gasteiger partial charge is 0.476 e. The first-order chi connectivity index (χ1) is 10.6. The second kappa shape index (κ2) is 5.93. The van der Waals surface area contributed by atoms with Gasteiger partial charge in [0.15, 0.2) is 5.88 Å². The van der Waals surface area contributed by atoms with Crippen molar-refractivity contribution in [3.8, 4) is 17.1 Å². The average Bonchev–Trinajstić information content (AvgIpc) is 2.83. The van der Waals surface area contributed by atoms with Crippen molar-refractivity contribution in [1.82, 2.24) is 9.38 Å². The van der Waals surface area contributed by atoms with E-state index < -0.39 is 12.5 Å². The van der Waals surface area contributed by atoms with Gasteiger partial charge < -0.3 is 4.74 Å². The normalized spacial score (nSPS) is 11.1. The third kappa shape index (κ3) is 2.41. The summed E-state index contributed by atoms with van der Waals surface area (Å²) in [5, 5.41) is 0.290. The SMILES string of the molecule is Cc1c(-c2c(F)cccc2Cl)nc2cccc(OCCF)n12. The number of benzene rings is 1. The van der Waals surface area contributed by atoms with Crippen molar-refractivity contribution in [3.63, 3.8) is 0 Å².